The molecule has 0 fully saturated rings. The summed E-state index contributed by atoms with van der Waals surface area (Å²) in [5.41, 5.74) is 9.40. The fourth-order valence-corrected chi connectivity index (χ4v) is 3.93. The quantitative estimate of drug-likeness (QED) is 0.356. The van der Waals surface area contributed by atoms with Gasteiger partial charge in [-0.05, 0) is 53.9 Å². The van der Waals surface area contributed by atoms with E-state index in [0.717, 1.165) is 29.0 Å². The molecule has 4 rings (SSSR count). The van der Waals surface area contributed by atoms with E-state index in [-0.39, 0.29) is 22.5 Å². The number of carbonyl (C=O) groups is 1. The van der Waals surface area contributed by atoms with Gasteiger partial charge in [-0.3, -0.25) is 9.48 Å². The molecule has 2 heterocycles. The Labute approximate surface area is 205 Å². The van der Waals surface area contributed by atoms with E-state index in [9.17, 15) is 18.7 Å². The zero-order chi connectivity index (χ0) is 26.0. The number of alkyl halides is 1. The van der Waals surface area contributed by atoms with Crippen LogP contribution in [0.4, 0.5) is 19.0 Å². The lowest BCUT2D eigenvalue weighted by molar-refractivity contribution is 0.0912. The van der Waals surface area contributed by atoms with E-state index in [1.807, 2.05) is 14.0 Å². The SMILES string of the molecule is Cc1c(-c2cnc(N)c(-c3ccc(C(=O)N[C@H](CO)c4cc(F)cc(CF)c4)c(F)c3)c2)cnn1C. The van der Waals surface area contributed by atoms with Gasteiger partial charge in [0.05, 0.1) is 24.4 Å². The molecular formula is C26H24F3N5O2. The molecule has 0 unspecified atom stereocenters. The Hall–Kier alpha value is -4.18. The summed E-state index contributed by atoms with van der Waals surface area (Å²) in [7, 11) is 1.82. The first-order chi connectivity index (χ1) is 17.2. The minimum atomic E-state index is -1.06. The second-order valence-electron chi connectivity index (χ2n) is 8.35. The molecule has 7 nitrogen and oxygen atoms in total. The Morgan fingerprint density at radius 1 is 1.11 bits per heavy atom. The third-order valence-corrected chi connectivity index (χ3v) is 6.01. The van der Waals surface area contributed by atoms with Crippen LogP contribution in [0.1, 0.15) is 33.2 Å². The smallest absolute Gasteiger partial charge is 0.254 e. The maximum Gasteiger partial charge on any atom is 0.254 e. The number of aliphatic hydroxyl groups is 1. The second kappa shape index (κ2) is 10.2. The molecule has 1 atom stereocenters. The number of aryl methyl sites for hydroxylation is 1. The van der Waals surface area contributed by atoms with Crippen LogP contribution in [0.15, 0.2) is 54.9 Å². The summed E-state index contributed by atoms with van der Waals surface area (Å²) in [5.74, 6) is -2.17. The highest BCUT2D eigenvalue weighted by Crippen LogP contribution is 2.32. The molecule has 2 aromatic carbocycles. The van der Waals surface area contributed by atoms with Crippen molar-refractivity contribution in [1.82, 2.24) is 20.1 Å². The standard InChI is InChI=1S/C26H24F3N5O2/c1-14-22(12-32-34(14)2)18-8-21(25(30)31-11-18)16-3-4-20(23(29)9-16)26(36)33-24(13-35)17-5-15(10-27)6-19(28)7-17/h3-9,11-12,24,35H,10,13H2,1-2H3,(H2,30,31)(H,33,36)/t24-/m1/s1. The Balaban J connectivity index is 1.61. The number of hydrogen-bond acceptors (Lipinski definition) is 5. The maximum absolute atomic E-state index is 15.0. The van der Waals surface area contributed by atoms with E-state index in [1.165, 1.54) is 24.3 Å². The topological polar surface area (TPSA) is 106 Å². The van der Waals surface area contributed by atoms with Crippen molar-refractivity contribution in [1.29, 1.82) is 0 Å². The Kier molecular flexibility index (Phi) is 7.07. The molecule has 0 saturated heterocycles. The molecule has 4 N–H and O–H groups in total. The molecule has 1 amide bonds. The number of rotatable bonds is 7. The third-order valence-electron chi connectivity index (χ3n) is 6.01. The van der Waals surface area contributed by atoms with Gasteiger partial charge in [0.2, 0.25) is 0 Å². The Morgan fingerprint density at radius 2 is 1.89 bits per heavy atom. The van der Waals surface area contributed by atoms with Gasteiger partial charge in [0.1, 0.15) is 24.1 Å². The largest absolute Gasteiger partial charge is 0.394 e. The lowest BCUT2D eigenvalue weighted by Crippen LogP contribution is -2.31. The van der Waals surface area contributed by atoms with Gasteiger partial charge in [0, 0.05) is 35.6 Å². The summed E-state index contributed by atoms with van der Waals surface area (Å²) in [6.45, 7) is 0.406. The zero-order valence-electron chi connectivity index (χ0n) is 19.6. The molecule has 0 spiro atoms. The van der Waals surface area contributed by atoms with Crippen LogP contribution in [0.5, 0.6) is 0 Å². The average Bonchev–Trinajstić information content (AvgIpc) is 3.20. The summed E-state index contributed by atoms with van der Waals surface area (Å²) in [5, 5.41) is 16.4. The molecule has 0 aliphatic carbocycles. The number of aliphatic hydroxyl groups excluding tert-OH is 1. The van der Waals surface area contributed by atoms with Crippen molar-refractivity contribution in [2.24, 2.45) is 7.05 Å². The monoisotopic (exact) mass is 495 g/mol. The summed E-state index contributed by atoms with van der Waals surface area (Å²) in [6.07, 6.45) is 3.31. The summed E-state index contributed by atoms with van der Waals surface area (Å²) in [6, 6.07) is 8.12. The lowest BCUT2D eigenvalue weighted by Gasteiger charge is -2.18. The molecule has 2 aromatic heterocycles. The van der Waals surface area contributed by atoms with Crippen molar-refractivity contribution in [3.63, 3.8) is 0 Å². The van der Waals surface area contributed by atoms with Gasteiger partial charge in [0.25, 0.3) is 5.91 Å². The molecule has 0 aliphatic rings. The number of nitrogens with one attached hydrogen (secondary N) is 1. The van der Waals surface area contributed by atoms with E-state index in [1.54, 1.807) is 23.1 Å². The third kappa shape index (κ3) is 4.94. The first-order valence-corrected chi connectivity index (χ1v) is 11.0. The van der Waals surface area contributed by atoms with Crippen LogP contribution in [0.3, 0.4) is 0 Å². The Morgan fingerprint density at radius 3 is 2.53 bits per heavy atom. The molecule has 0 aliphatic heterocycles. The number of pyridine rings is 1. The van der Waals surface area contributed by atoms with Crippen LogP contribution in [-0.2, 0) is 13.7 Å². The van der Waals surface area contributed by atoms with E-state index in [0.29, 0.717) is 11.1 Å². The van der Waals surface area contributed by atoms with Crippen molar-refractivity contribution in [3.05, 3.63) is 88.9 Å². The fourth-order valence-electron chi connectivity index (χ4n) is 3.93. The van der Waals surface area contributed by atoms with Crippen molar-refractivity contribution < 1.29 is 23.1 Å². The number of hydrogen-bond donors (Lipinski definition) is 3. The first kappa shape index (κ1) is 24.9. The highest BCUT2D eigenvalue weighted by molar-refractivity contribution is 5.95. The number of halogens is 3. The minimum Gasteiger partial charge on any atom is -0.394 e. The maximum atomic E-state index is 15.0. The van der Waals surface area contributed by atoms with Gasteiger partial charge in [-0.1, -0.05) is 12.1 Å². The second-order valence-corrected chi connectivity index (χ2v) is 8.35. The molecule has 0 saturated carbocycles. The summed E-state index contributed by atoms with van der Waals surface area (Å²) >= 11 is 0. The molecule has 10 heteroatoms. The number of amides is 1. The van der Waals surface area contributed by atoms with Gasteiger partial charge < -0.3 is 16.2 Å². The molecule has 0 bridgehead atoms. The molecular weight excluding hydrogens is 471 g/mol. The van der Waals surface area contributed by atoms with Crippen molar-refractivity contribution >= 4 is 11.7 Å². The van der Waals surface area contributed by atoms with Gasteiger partial charge in [0.15, 0.2) is 0 Å². The van der Waals surface area contributed by atoms with E-state index >= 15 is 4.39 Å². The molecule has 0 radical (unpaired) electrons. The van der Waals surface area contributed by atoms with E-state index < -0.39 is 36.9 Å². The zero-order valence-corrected chi connectivity index (χ0v) is 19.6. The normalized spacial score (nSPS) is 11.9. The fraction of sp³-hybridized carbons (Fsp3) is 0.192. The van der Waals surface area contributed by atoms with Crippen LogP contribution in [0, 0.1) is 18.6 Å². The average molecular weight is 496 g/mol. The summed E-state index contributed by atoms with van der Waals surface area (Å²) in [4.78, 5) is 17.0. The highest BCUT2D eigenvalue weighted by Gasteiger charge is 2.20. The number of aromatic nitrogens is 3. The predicted molar refractivity (Wildman–Crippen MR) is 129 cm³/mol. The minimum absolute atomic E-state index is 0.0585. The Bertz CT molecular complexity index is 1440. The molecule has 4 aromatic rings. The highest BCUT2D eigenvalue weighted by atomic mass is 19.1. The van der Waals surface area contributed by atoms with Crippen molar-refractivity contribution in [2.45, 2.75) is 19.6 Å². The van der Waals surface area contributed by atoms with Crippen LogP contribution < -0.4 is 11.1 Å². The van der Waals surface area contributed by atoms with E-state index in [4.69, 9.17) is 5.73 Å². The number of benzene rings is 2. The van der Waals surface area contributed by atoms with Crippen LogP contribution in [0.25, 0.3) is 22.3 Å². The molecule has 36 heavy (non-hydrogen) atoms. The molecule has 186 valence electrons. The van der Waals surface area contributed by atoms with Gasteiger partial charge in [-0.15, -0.1) is 0 Å². The van der Waals surface area contributed by atoms with Crippen molar-refractivity contribution in [2.75, 3.05) is 12.3 Å². The number of nitrogen functional groups attached to an aromatic ring is 1. The van der Waals surface area contributed by atoms with Crippen LogP contribution in [-0.4, -0.2) is 32.4 Å². The van der Waals surface area contributed by atoms with E-state index in [2.05, 4.69) is 15.4 Å². The first-order valence-electron chi connectivity index (χ1n) is 11.0. The number of anilines is 1. The van der Waals surface area contributed by atoms with Gasteiger partial charge in [-0.25, -0.2) is 18.2 Å². The van der Waals surface area contributed by atoms with Crippen LogP contribution in [0.2, 0.25) is 0 Å². The van der Waals surface area contributed by atoms with Gasteiger partial charge in [-0.2, -0.15) is 5.10 Å². The lowest BCUT2D eigenvalue weighted by atomic mass is 9.99. The number of nitrogens with zero attached hydrogens (tertiary/aromatic N) is 3. The summed E-state index contributed by atoms with van der Waals surface area (Å²) < 4.78 is 43.6. The predicted octanol–water partition coefficient (Wildman–Crippen LogP) is 4.25. The number of carbonyl (C=O) groups excluding carboxylic acids is 1. The van der Waals surface area contributed by atoms with Crippen LogP contribution >= 0.6 is 0 Å². The van der Waals surface area contributed by atoms with Crippen molar-refractivity contribution in [3.8, 4) is 22.3 Å². The number of nitrogens with two attached hydrogens (primary N) is 1. The van der Waals surface area contributed by atoms with Gasteiger partial charge >= 0.3 is 0 Å².